The number of nitrogens with two attached hydrogens (primary N) is 1. The molecule has 6 nitrogen and oxygen atoms in total. The molecule has 0 aromatic heterocycles. The number of hydrogen-bond acceptors (Lipinski definition) is 5. The van der Waals surface area contributed by atoms with Crippen molar-refractivity contribution in [2.75, 3.05) is 13.7 Å². The summed E-state index contributed by atoms with van der Waals surface area (Å²) < 4.78 is 10.4. The zero-order valence-electron chi connectivity index (χ0n) is 9.71. The maximum absolute atomic E-state index is 8.54. The van der Waals surface area contributed by atoms with Crippen LogP contribution in [-0.2, 0) is 0 Å². The molecule has 94 valence electrons. The van der Waals surface area contributed by atoms with Crippen LogP contribution in [0.3, 0.4) is 0 Å². The van der Waals surface area contributed by atoms with Crippen LogP contribution in [0.1, 0.15) is 5.56 Å². The molecule has 0 atom stereocenters. The van der Waals surface area contributed by atoms with E-state index in [1.807, 2.05) is 6.07 Å². The maximum Gasteiger partial charge on any atom is 0.184 e. The summed E-state index contributed by atoms with van der Waals surface area (Å²) >= 11 is 4.62. The van der Waals surface area contributed by atoms with Gasteiger partial charge in [0.2, 0.25) is 0 Å². The molecule has 0 heterocycles. The molecule has 0 amide bonds. The first-order valence-electron chi connectivity index (χ1n) is 4.94. The quantitative estimate of drug-likeness (QED) is 0.463. The van der Waals surface area contributed by atoms with Gasteiger partial charge in [-0.15, -0.1) is 0 Å². The fourth-order valence-corrected chi connectivity index (χ4v) is 1.27. The zero-order chi connectivity index (χ0) is 13.4. The van der Waals surface area contributed by atoms with Crippen LogP contribution in [-0.4, -0.2) is 25.0 Å². The van der Waals surface area contributed by atoms with Crippen LogP contribution in [0.25, 0.3) is 0 Å². The van der Waals surface area contributed by atoms with Crippen LogP contribution in [0.15, 0.2) is 23.3 Å². The zero-order valence-corrected chi connectivity index (χ0v) is 10.5. The molecule has 0 aliphatic heterocycles. The van der Waals surface area contributed by atoms with Gasteiger partial charge in [-0.1, -0.05) is 6.07 Å². The number of para-hydroxylation sites is 1. The van der Waals surface area contributed by atoms with Crippen molar-refractivity contribution in [3.05, 3.63) is 23.8 Å². The molecule has 0 unspecified atom stereocenters. The van der Waals surface area contributed by atoms with E-state index in [9.17, 15) is 0 Å². The van der Waals surface area contributed by atoms with E-state index in [1.165, 1.54) is 13.3 Å². The van der Waals surface area contributed by atoms with Crippen molar-refractivity contribution in [3.8, 4) is 17.6 Å². The first kappa shape index (κ1) is 13.7. The summed E-state index contributed by atoms with van der Waals surface area (Å²) in [6, 6.07) is 7.16. The van der Waals surface area contributed by atoms with E-state index in [2.05, 4.69) is 22.7 Å². The average molecular weight is 264 g/mol. The molecule has 1 aromatic carbocycles. The van der Waals surface area contributed by atoms with Crippen LogP contribution in [0.4, 0.5) is 0 Å². The molecule has 0 saturated carbocycles. The summed E-state index contributed by atoms with van der Waals surface area (Å²) in [6.07, 6.45) is 1.48. The Kier molecular flexibility index (Phi) is 5.41. The van der Waals surface area contributed by atoms with Gasteiger partial charge in [-0.2, -0.15) is 10.4 Å². The maximum atomic E-state index is 8.54. The molecule has 7 heteroatoms. The summed E-state index contributed by atoms with van der Waals surface area (Å²) in [4.78, 5) is 0. The SMILES string of the molecule is COc1cccc(C=NNC(N)=S)c1OCC#N. The fraction of sp³-hybridized carbons (Fsp3) is 0.182. The van der Waals surface area contributed by atoms with Gasteiger partial charge >= 0.3 is 0 Å². The van der Waals surface area contributed by atoms with Gasteiger partial charge in [0, 0.05) is 5.56 Å². The smallest absolute Gasteiger partial charge is 0.184 e. The summed E-state index contributed by atoms with van der Waals surface area (Å²) in [6.45, 7) is -0.0794. The minimum absolute atomic E-state index is 0.0636. The van der Waals surface area contributed by atoms with Crippen molar-refractivity contribution < 1.29 is 9.47 Å². The number of nitrogens with one attached hydrogen (secondary N) is 1. The van der Waals surface area contributed by atoms with E-state index < -0.39 is 0 Å². The van der Waals surface area contributed by atoms with Gasteiger partial charge < -0.3 is 15.2 Å². The predicted molar refractivity (Wildman–Crippen MR) is 71.6 cm³/mol. The minimum atomic E-state index is -0.0794. The molecule has 0 radical (unpaired) electrons. The Balaban J connectivity index is 2.98. The first-order chi connectivity index (χ1) is 8.69. The van der Waals surface area contributed by atoms with Crippen LogP contribution in [0.5, 0.6) is 11.5 Å². The number of benzene rings is 1. The molecular weight excluding hydrogens is 252 g/mol. The predicted octanol–water partition coefficient (Wildman–Crippen LogP) is 0.765. The number of methoxy groups -OCH3 is 1. The highest BCUT2D eigenvalue weighted by Crippen LogP contribution is 2.29. The highest BCUT2D eigenvalue weighted by atomic mass is 32.1. The number of ether oxygens (including phenoxy) is 2. The topological polar surface area (TPSA) is 92.7 Å². The normalized spacial score (nSPS) is 9.78. The van der Waals surface area contributed by atoms with E-state index in [4.69, 9.17) is 20.5 Å². The second-order valence-corrected chi connectivity index (χ2v) is 3.50. The summed E-state index contributed by atoms with van der Waals surface area (Å²) in [7, 11) is 1.52. The molecule has 18 heavy (non-hydrogen) atoms. The van der Waals surface area contributed by atoms with E-state index in [-0.39, 0.29) is 11.7 Å². The second-order valence-electron chi connectivity index (χ2n) is 3.06. The Labute approximate surface area is 110 Å². The summed E-state index contributed by atoms with van der Waals surface area (Å²) in [5.41, 5.74) is 8.32. The molecule has 0 fully saturated rings. The lowest BCUT2D eigenvalue weighted by Gasteiger charge is -2.10. The Morgan fingerprint density at radius 1 is 1.67 bits per heavy atom. The van der Waals surface area contributed by atoms with Gasteiger partial charge in [0.25, 0.3) is 0 Å². The largest absolute Gasteiger partial charge is 0.493 e. The van der Waals surface area contributed by atoms with Gasteiger partial charge in [0.05, 0.1) is 13.3 Å². The molecular formula is C11H12N4O2S. The summed E-state index contributed by atoms with van der Waals surface area (Å²) in [5.74, 6) is 0.958. The van der Waals surface area contributed by atoms with Crippen molar-refractivity contribution in [3.63, 3.8) is 0 Å². The standard InChI is InChI=1S/C11H12N4O2S/c1-16-9-4-2-3-8(7-14-15-11(13)18)10(9)17-6-5-12/h2-4,7H,6H2,1H3,(H3,13,15,18). The van der Waals surface area contributed by atoms with Crippen LogP contribution < -0.4 is 20.6 Å². The van der Waals surface area contributed by atoms with E-state index >= 15 is 0 Å². The third-order valence-electron chi connectivity index (χ3n) is 1.89. The van der Waals surface area contributed by atoms with Crippen molar-refractivity contribution >= 4 is 23.5 Å². The third kappa shape index (κ3) is 3.92. The monoisotopic (exact) mass is 264 g/mol. The Bertz CT molecular complexity index is 496. The van der Waals surface area contributed by atoms with Crippen molar-refractivity contribution in [1.29, 1.82) is 5.26 Å². The second kappa shape index (κ2) is 7.09. The van der Waals surface area contributed by atoms with Crippen LogP contribution in [0, 0.1) is 11.3 Å². The van der Waals surface area contributed by atoms with E-state index in [1.54, 1.807) is 18.2 Å². The third-order valence-corrected chi connectivity index (χ3v) is 1.98. The molecule has 0 bridgehead atoms. The Morgan fingerprint density at radius 2 is 2.44 bits per heavy atom. The lowest BCUT2D eigenvalue weighted by molar-refractivity contribution is 0.329. The lowest BCUT2D eigenvalue weighted by Crippen LogP contribution is -2.24. The molecule has 3 N–H and O–H groups in total. The number of nitriles is 1. The first-order valence-corrected chi connectivity index (χ1v) is 5.35. The Hall–Kier alpha value is -2.33. The minimum Gasteiger partial charge on any atom is -0.493 e. The number of hydrogen-bond donors (Lipinski definition) is 2. The lowest BCUT2D eigenvalue weighted by atomic mass is 10.2. The van der Waals surface area contributed by atoms with Gasteiger partial charge in [-0.3, -0.25) is 5.43 Å². The van der Waals surface area contributed by atoms with Crippen molar-refractivity contribution in [2.24, 2.45) is 10.8 Å². The molecule has 1 aromatic rings. The highest BCUT2D eigenvalue weighted by Gasteiger charge is 2.08. The van der Waals surface area contributed by atoms with Crippen LogP contribution in [0.2, 0.25) is 0 Å². The van der Waals surface area contributed by atoms with Crippen LogP contribution >= 0.6 is 12.2 Å². The van der Waals surface area contributed by atoms with Gasteiger partial charge in [-0.05, 0) is 24.4 Å². The molecule has 0 spiro atoms. The highest BCUT2D eigenvalue weighted by molar-refractivity contribution is 7.80. The molecule has 0 aliphatic rings. The Morgan fingerprint density at radius 3 is 3.06 bits per heavy atom. The number of rotatable bonds is 5. The molecule has 0 saturated heterocycles. The molecule has 0 aliphatic carbocycles. The fourth-order valence-electron chi connectivity index (χ4n) is 1.22. The molecule has 1 rings (SSSR count). The average Bonchev–Trinajstić information content (AvgIpc) is 2.36. The van der Waals surface area contributed by atoms with E-state index in [0.717, 1.165) is 0 Å². The summed E-state index contributed by atoms with van der Waals surface area (Å²) in [5, 5.41) is 12.4. The number of thiocarbonyl (C=S) groups is 1. The van der Waals surface area contributed by atoms with Gasteiger partial charge in [-0.25, -0.2) is 0 Å². The van der Waals surface area contributed by atoms with Crippen molar-refractivity contribution in [2.45, 2.75) is 0 Å². The van der Waals surface area contributed by atoms with Crippen molar-refractivity contribution in [1.82, 2.24) is 5.43 Å². The number of hydrazone groups is 1. The number of nitrogens with zero attached hydrogens (tertiary/aromatic N) is 2. The van der Waals surface area contributed by atoms with Gasteiger partial charge in [0.1, 0.15) is 6.07 Å². The van der Waals surface area contributed by atoms with E-state index in [0.29, 0.717) is 17.1 Å². The van der Waals surface area contributed by atoms with Gasteiger partial charge in [0.15, 0.2) is 23.2 Å².